The zero-order valence-corrected chi connectivity index (χ0v) is 13.4. The second-order valence-corrected chi connectivity index (χ2v) is 5.82. The summed E-state index contributed by atoms with van der Waals surface area (Å²) in [5.41, 5.74) is 6.79. The molecule has 0 radical (unpaired) electrons. The third-order valence-electron chi connectivity index (χ3n) is 4.08. The van der Waals surface area contributed by atoms with Crippen LogP contribution in [0.3, 0.4) is 0 Å². The Hall–Kier alpha value is -3.88. The van der Waals surface area contributed by atoms with Crippen LogP contribution >= 0.6 is 0 Å². The first-order chi connectivity index (χ1) is 12.5. The summed E-state index contributed by atoms with van der Waals surface area (Å²) >= 11 is 0. The summed E-state index contributed by atoms with van der Waals surface area (Å²) < 4.78 is 0. The van der Waals surface area contributed by atoms with Crippen LogP contribution in [-0.4, -0.2) is 15.2 Å². The van der Waals surface area contributed by atoms with Crippen LogP contribution < -0.4 is 32.8 Å². The molecule has 4 aromatic rings. The van der Waals surface area contributed by atoms with Crippen molar-refractivity contribution in [3.05, 3.63) is 72.9 Å². The molecule has 0 unspecified atom stereocenters. The molecule has 0 amide bonds. The molecule has 2 heterocycles. The number of aromatic amines is 2. The summed E-state index contributed by atoms with van der Waals surface area (Å²) in [4.78, 5) is 37.6. The molecule has 4 rings (SSSR count). The van der Waals surface area contributed by atoms with Gasteiger partial charge in [0.05, 0.1) is 5.52 Å². The van der Waals surface area contributed by atoms with Gasteiger partial charge in [-0.2, -0.15) is 5.10 Å². The molecule has 130 valence electrons. The quantitative estimate of drug-likeness (QED) is 0.334. The van der Waals surface area contributed by atoms with Crippen molar-refractivity contribution < 1.29 is 0 Å². The van der Waals surface area contributed by atoms with E-state index in [0.29, 0.717) is 22.5 Å². The number of nitrogens with two attached hydrogens (primary N) is 1. The predicted octanol–water partition coefficient (Wildman–Crippen LogP) is 0.785. The largest absolute Gasteiger partial charge is 0.382 e. The van der Waals surface area contributed by atoms with Crippen molar-refractivity contribution in [2.45, 2.75) is 6.54 Å². The van der Waals surface area contributed by atoms with E-state index in [-0.39, 0.29) is 23.5 Å². The van der Waals surface area contributed by atoms with Gasteiger partial charge in [-0.1, -0.05) is 0 Å². The highest BCUT2D eigenvalue weighted by Gasteiger charge is 2.21. The van der Waals surface area contributed by atoms with Crippen LogP contribution in [0.4, 0.5) is 22.9 Å². The zero-order chi connectivity index (χ0) is 18.3. The van der Waals surface area contributed by atoms with Crippen LogP contribution in [0.5, 0.6) is 0 Å². The van der Waals surface area contributed by atoms with Crippen molar-refractivity contribution in [2.24, 2.45) is 0 Å². The van der Waals surface area contributed by atoms with Gasteiger partial charge >= 0.3 is 0 Å². The minimum absolute atomic E-state index is 0.182. The summed E-state index contributed by atoms with van der Waals surface area (Å²) in [5, 5.41) is 13.3. The summed E-state index contributed by atoms with van der Waals surface area (Å²) in [6, 6.07) is 8.39. The number of benzene rings is 1. The molecule has 0 aliphatic carbocycles. The summed E-state index contributed by atoms with van der Waals surface area (Å²) in [6.45, 7) is 0.247. The molecule has 0 saturated heterocycles. The lowest BCUT2D eigenvalue weighted by atomic mass is 10.1. The third-order valence-corrected chi connectivity index (χ3v) is 4.08. The number of hydrogen-bond donors (Lipinski definition) is 5. The standard InChI is InChI=1S/C17H14N6O3/c18-17-10-6-9(1-2-11(10)22-23-17)21-14-13(15(25)16(14)26)20-7-8-3-4-19-12(24)5-8/h1-6,20-21H,7H2,(H,19,24)(H3,18,22,23). The minimum Gasteiger partial charge on any atom is -0.382 e. The molecule has 9 nitrogen and oxygen atoms in total. The molecule has 0 aliphatic rings. The van der Waals surface area contributed by atoms with Gasteiger partial charge in [0.25, 0.3) is 10.9 Å². The van der Waals surface area contributed by atoms with E-state index in [1.54, 1.807) is 24.3 Å². The van der Waals surface area contributed by atoms with Gasteiger partial charge in [0.1, 0.15) is 11.4 Å². The first-order valence-electron chi connectivity index (χ1n) is 7.78. The average Bonchev–Trinajstić information content (AvgIpc) is 3.01. The number of anilines is 4. The second-order valence-electron chi connectivity index (χ2n) is 5.82. The van der Waals surface area contributed by atoms with Gasteiger partial charge in [0, 0.05) is 29.9 Å². The Labute approximate surface area is 145 Å². The Balaban J connectivity index is 1.58. The smallest absolute Gasteiger partial charge is 0.253 e. The van der Waals surface area contributed by atoms with Gasteiger partial charge in [-0.15, -0.1) is 0 Å². The molecule has 0 aliphatic heterocycles. The maximum absolute atomic E-state index is 11.9. The highest BCUT2D eigenvalue weighted by atomic mass is 16.2. The molecule has 26 heavy (non-hydrogen) atoms. The van der Waals surface area contributed by atoms with Crippen molar-refractivity contribution in [2.75, 3.05) is 16.4 Å². The van der Waals surface area contributed by atoms with Crippen LogP contribution in [0.1, 0.15) is 5.56 Å². The first-order valence-corrected chi connectivity index (χ1v) is 7.78. The molecule has 2 aromatic carbocycles. The lowest BCUT2D eigenvalue weighted by molar-refractivity contribution is 1.09. The number of rotatable bonds is 5. The van der Waals surface area contributed by atoms with Gasteiger partial charge in [0.15, 0.2) is 5.82 Å². The Morgan fingerprint density at radius 3 is 2.65 bits per heavy atom. The fraction of sp³-hybridized carbons (Fsp3) is 0.0588. The number of nitrogens with zero attached hydrogens (tertiary/aromatic N) is 1. The number of pyridine rings is 1. The number of nitrogen functional groups attached to an aromatic ring is 1. The van der Waals surface area contributed by atoms with Crippen molar-refractivity contribution in [3.8, 4) is 0 Å². The topological polar surface area (TPSA) is 146 Å². The van der Waals surface area contributed by atoms with Crippen LogP contribution in [0, 0.1) is 0 Å². The van der Waals surface area contributed by atoms with E-state index >= 15 is 0 Å². The normalized spacial score (nSPS) is 11.1. The van der Waals surface area contributed by atoms with E-state index < -0.39 is 10.9 Å². The lowest BCUT2D eigenvalue weighted by Gasteiger charge is -2.15. The van der Waals surface area contributed by atoms with Crippen molar-refractivity contribution in [1.29, 1.82) is 0 Å². The van der Waals surface area contributed by atoms with E-state index in [1.807, 2.05) is 0 Å². The Bertz CT molecular complexity index is 1250. The van der Waals surface area contributed by atoms with Crippen LogP contribution in [0.25, 0.3) is 10.9 Å². The van der Waals surface area contributed by atoms with Crippen LogP contribution in [0.2, 0.25) is 0 Å². The predicted molar refractivity (Wildman–Crippen MR) is 99.5 cm³/mol. The number of fused-ring (bicyclic) bond motifs is 1. The fourth-order valence-electron chi connectivity index (χ4n) is 2.73. The van der Waals surface area contributed by atoms with E-state index in [4.69, 9.17) is 5.73 Å². The van der Waals surface area contributed by atoms with E-state index in [1.165, 1.54) is 12.3 Å². The van der Waals surface area contributed by atoms with Crippen LogP contribution in [0.15, 0.2) is 50.9 Å². The lowest BCUT2D eigenvalue weighted by Crippen LogP contribution is -2.36. The number of H-pyrrole nitrogens is 2. The molecular weight excluding hydrogens is 336 g/mol. The number of hydrogen-bond acceptors (Lipinski definition) is 7. The fourth-order valence-corrected chi connectivity index (χ4v) is 2.73. The number of nitrogens with one attached hydrogen (secondary N) is 4. The van der Waals surface area contributed by atoms with Gasteiger partial charge < -0.3 is 21.4 Å². The van der Waals surface area contributed by atoms with Crippen molar-refractivity contribution in [3.63, 3.8) is 0 Å². The average molecular weight is 350 g/mol. The zero-order valence-electron chi connectivity index (χ0n) is 13.4. The van der Waals surface area contributed by atoms with Crippen molar-refractivity contribution >= 4 is 33.8 Å². The summed E-state index contributed by atoms with van der Waals surface area (Å²) in [6.07, 6.45) is 1.52. The van der Waals surface area contributed by atoms with Crippen LogP contribution in [-0.2, 0) is 6.54 Å². The second kappa shape index (κ2) is 5.88. The van der Waals surface area contributed by atoms with E-state index in [0.717, 1.165) is 5.52 Å². The molecule has 2 aromatic heterocycles. The Kier molecular flexibility index (Phi) is 3.54. The molecular formula is C17H14N6O3. The molecule has 0 atom stereocenters. The van der Waals surface area contributed by atoms with Gasteiger partial charge in [0.2, 0.25) is 5.56 Å². The maximum atomic E-state index is 11.9. The molecule has 0 saturated carbocycles. The molecule has 0 fully saturated rings. The molecule has 0 spiro atoms. The number of aromatic nitrogens is 3. The molecule has 0 bridgehead atoms. The molecule has 9 heteroatoms. The van der Waals surface area contributed by atoms with Crippen molar-refractivity contribution in [1.82, 2.24) is 15.2 Å². The Morgan fingerprint density at radius 1 is 1.04 bits per heavy atom. The van der Waals surface area contributed by atoms with E-state index in [9.17, 15) is 14.4 Å². The van der Waals surface area contributed by atoms with Gasteiger partial charge in [-0.25, -0.2) is 0 Å². The molecule has 6 N–H and O–H groups in total. The first kappa shape index (κ1) is 15.6. The SMILES string of the molecule is Nc1n[nH]c2ccc(Nc3c(NCc4cc[nH]c(=O)c4)c(=O)c3=O)cc12. The summed E-state index contributed by atoms with van der Waals surface area (Å²) in [7, 11) is 0. The third kappa shape index (κ3) is 2.61. The maximum Gasteiger partial charge on any atom is 0.253 e. The van der Waals surface area contributed by atoms with E-state index in [2.05, 4.69) is 25.8 Å². The highest BCUT2D eigenvalue weighted by molar-refractivity contribution is 5.92. The van der Waals surface area contributed by atoms with Gasteiger partial charge in [-0.3, -0.25) is 19.5 Å². The Morgan fingerprint density at radius 2 is 1.85 bits per heavy atom. The monoisotopic (exact) mass is 350 g/mol. The minimum atomic E-state index is -0.598. The summed E-state index contributed by atoms with van der Waals surface area (Å²) in [5.74, 6) is 0.348. The highest BCUT2D eigenvalue weighted by Crippen LogP contribution is 2.26. The van der Waals surface area contributed by atoms with Gasteiger partial charge in [-0.05, 0) is 29.8 Å².